The van der Waals surface area contributed by atoms with E-state index in [0.29, 0.717) is 6.04 Å². The van der Waals surface area contributed by atoms with Gasteiger partial charge in [-0.25, -0.2) is 0 Å². The number of hydrogen-bond acceptors (Lipinski definition) is 3. The molecule has 0 saturated heterocycles. The molecule has 1 atom stereocenters. The van der Waals surface area contributed by atoms with Crippen molar-refractivity contribution in [2.45, 2.75) is 33.2 Å². The first-order chi connectivity index (χ1) is 10.0. The van der Waals surface area contributed by atoms with E-state index in [1.54, 1.807) is 7.11 Å². The van der Waals surface area contributed by atoms with E-state index in [9.17, 15) is 0 Å². The third-order valence-corrected chi connectivity index (χ3v) is 5.52. The molecule has 0 fully saturated rings. The molecular formula is C17H22BrNOS. The largest absolute Gasteiger partial charge is 0.496 e. The van der Waals surface area contributed by atoms with Crippen molar-refractivity contribution in [1.29, 1.82) is 0 Å². The zero-order chi connectivity index (χ0) is 15.4. The van der Waals surface area contributed by atoms with Crippen LogP contribution in [0.2, 0.25) is 0 Å². The van der Waals surface area contributed by atoms with Gasteiger partial charge < -0.3 is 10.1 Å². The van der Waals surface area contributed by atoms with Gasteiger partial charge in [0.1, 0.15) is 5.75 Å². The molecule has 0 aliphatic rings. The zero-order valence-electron chi connectivity index (χ0n) is 13.0. The van der Waals surface area contributed by atoms with Crippen LogP contribution in [0.1, 0.15) is 33.8 Å². The highest BCUT2D eigenvalue weighted by molar-refractivity contribution is 9.10. The van der Waals surface area contributed by atoms with Crippen LogP contribution >= 0.6 is 27.3 Å². The maximum Gasteiger partial charge on any atom is 0.133 e. The quantitative estimate of drug-likeness (QED) is 0.772. The second-order valence-electron chi connectivity index (χ2n) is 5.17. The SMILES string of the molecule is CCNC(Cc1ccc(OC)c(Br)c1)c1cc(C)c(C)s1. The van der Waals surface area contributed by atoms with Crippen molar-refractivity contribution in [2.75, 3.05) is 13.7 Å². The lowest BCUT2D eigenvalue weighted by molar-refractivity contribution is 0.412. The number of nitrogens with one attached hydrogen (secondary N) is 1. The summed E-state index contributed by atoms with van der Waals surface area (Å²) in [6.07, 6.45) is 0.982. The number of benzene rings is 1. The number of likely N-dealkylation sites (N-methyl/N-ethyl adjacent to an activating group) is 1. The fourth-order valence-electron chi connectivity index (χ4n) is 2.37. The van der Waals surface area contributed by atoms with Gasteiger partial charge in [-0.1, -0.05) is 13.0 Å². The van der Waals surface area contributed by atoms with Crippen LogP contribution in [0.4, 0.5) is 0 Å². The van der Waals surface area contributed by atoms with Gasteiger partial charge in [-0.2, -0.15) is 0 Å². The number of methoxy groups -OCH3 is 1. The van der Waals surface area contributed by atoms with Crippen LogP contribution in [0.5, 0.6) is 5.75 Å². The van der Waals surface area contributed by atoms with Crippen molar-refractivity contribution in [3.05, 3.63) is 49.6 Å². The molecule has 1 aromatic heterocycles. The minimum Gasteiger partial charge on any atom is -0.496 e. The summed E-state index contributed by atoms with van der Waals surface area (Å²) in [7, 11) is 1.69. The van der Waals surface area contributed by atoms with E-state index in [1.807, 2.05) is 17.4 Å². The summed E-state index contributed by atoms with van der Waals surface area (Å²) in [5, 5.41) is 3.60. The minimum atomic E-state index is 0.368. The van der Waals surface area contributed by atoms with Gasteiger partial charge in [-0.05, 0) is 72.1 Å². The Labute approximate surface area is 139 Å². The van der Waals surface area contributed by atoms with Crippen LogP contribution < -0.4 is 10.1 Å². The predicted octanol–water partition coefficient (Wildman–Crippen LogP) is 5.03. The molecule has 1 unspecified atom stereocenters. The summed E-state index contributed by atoms with van der Waals surface area (Å²) in [6, 6.07) is 8.99. The lowest BCUT2D eigenvalue weighted by Gasteiger charge is -2.17. The summed E-state index contributed by atoms with van der Waals surface area (Å²) in [4.78, 5) is 2.82. The van der Waals surface area contributed by atoms with Crippen molar-refractivity contribution in [1.82, 2.24) is 5.32 Å². The molecule has 0 bridgehead atoms. The van der Waals surface area contributed by atoms with Crippen molar-refractivity contribution < 1.29 is 4.74 Å². The zero-order valence-corrected chi connectivity index (χ0v) is 15.4. The molecule has 0 amide bonds. The summed E-state index contributed by atoms with van der Waals surface area (Å²) in [6.45, 7) is 7.50. The highest BCUT2D eigenvalue weighted by Crippen LogP contribution is 2.31. The Morgan fingerprint density at radius 3 is 2.57 bits per heavy atom. The molecule has 2 nitrogen and oxygen atoms in total. The lowest BCUT2D eigenvalue weighted by Crippen LogP contribution is -2.22. The van der Waals surface area contributed by atoms with E-state index in [2.05, 4.69) is 60.2 Å². The molecule has 1 heterocycles. The van der Waals surface area contributed by atoms with E-state index in [4.69, 9.17) is 4.74 Å². The topological polar surface area (TPSA) is 21.3 Å². The molecule has 4 heteroatoms. The van der Waals surface area contributed by atoms with Crippen molar-refractivity contribution in [3.8, 4) is 5.75 Å². The number of rotatable bonds is 6. The lowest BCUT2D eigenvalue weighted by atomic mass is 10.0. The molecule has 2 aromatic rings. The van der Waals surface area contributed by atoms with Gasteiger partial charge >= 0.3 is 0 Å². The molecule has 114 valence electrons. The number of thiophene rings is 1. The second-order valence-corrected chi connectivity index (χ2v) is 7.31. The Morgan fingerprint density at radius 2 is 2.05 bits per heavy atom. The number of aryl methyl sites for hydroxylation is 2. The molecule has 0 saturated carbocycles. The Kier molecular flexibility index (Phi) is 5.85. The van der Waals surface area contributed by atoms with Crippen molar-refractivity contribution in [2.24, 2.45) is 0 Å². The first kappa shape index (κ1) is 16.5. The molecule has 2 rings (SSSR count). The third-order valence-electron chi connectivity index (χ3n) is 3.64. The molecule has 1 aromatic carbocycles. The Morgan fingerprint density at radius 1 is 1.29 bits per heavy atom. The van der Waals surface area contributed by atoms with E-state index < -0.39 is 0 Å². The normalized spacial score (nSPS) is 12.4. The fraction of sp³-hybridized carbons (Fsp3) is 0.412. The molecule has 0 radical (unpaired) electrons. The maximum absolute atomic E-state index is 5.30. The van der Waals surface area contributed by atoms with Crippen LogP contribution in [0.15, 0.2) is 28.7 Å². The molecular weight excluding hydrogens is 346 g/mol. The maximum atomic E-state index is 5.30. The van der Waals surface area contributed by atoms with Crippen LogP contribution in [-0.4, -0.2) is 13.7 Å². The first-order valence-corrected chi connectivity index (χ1v) is 8.78. The van der Waals surface area contributed by atoms with Crippen LogP contribution in [0.3, 0.4) is 0 Å². The van der Waals surface area contributed by atoms with Crippen LogP contribution in [0.25, 0.3) is 0 Å². The van der Waals surface area contributed by atoms with E-state index in [-0.39, 0.29) is 0 Å². The van der Waals surface area contributed by atoms with Gasteiger partial charge in [0.15, 0.2) is 0 Å². The van der Waals surface area contributed by atoms with Gasteiger partial charge in [0.2, 0.25) is 0 Å². The van der Waals surface area contributed by atoms with E-state index in [1.165, 1.54) is 20.9 Å². The number of halogens is 1. The van der Waals surface area contributed by atoms with Crippen LogP contribution in [-0.2, 0) is 6.42 Å². The second kappa shape index (κ2) is 7.43. The average molecular weight is 368 g/mol. The minimum absolute atomic E-state index is 0.368. The van der Waals surface area contributed by atoms with E-state index in [0.717, 1.165) is 23.2 Å². The summed E-state index contributed by atoms with van der Waals surface area (Å²) in [5.41, 5.74) is 2.69. The smallest absolute Gasteiger partial charge is 0.133 e. The molecule has 0 aliphatic carbocycles. The highest BCUT2D eigenvalue weighted by Gasteiger charge is 2.15. The summed E-state index contributed by atoms with van der Waals surface area (Å²) in [5.74, 6) is 0.876. The van der Waals surface area contributed by atoms with Crippen molar-refractivity contribution >= 4 is 27.3 Å². The average Bonchev–Trinajstić information content (AvgIpc) is 2.78. The van der Waals surface area contributed by atoms with Gasteiger partial charge in [0, 0.05) is 15.8 Å². The molecule has 0 spiro atoms. The van der Waals surface area contributed by atoms with Crippen molar-refractivity contribution in [3.63, 3.8) is 0 Å². The monoisotopic (exact) mass is 367 g/mol. The highest BCUT2D eigenvalue weighted by atomic mass is 79.9. The Bertz CT molecular complexity index is 589. The Balaban J connectivity index is 2.21. The molecule has 0 aliphatic heterocycles. The fourth-order valence-corrected chi connectivity index (χ4v) is 4.07. The van der Waals surface area contributed by atoms with Gasteiger partial charge in [-0.15, -0.1) is 11.3 Å². The third kappa shape index (κ3) is 4.09. The van der Waals surface area contributed by atoms with E-state index >= 15 is 0 Å². The Hall–Kier alpha value is -0.840. The predicted molar refractivity (Wildman–Crippen MR) is 94.6 cm³/mol. The van der Waals surface area contributed by atoms with Gasteiger partial charge in [-0.3, -0.25) is 0 Å². The molecule has 21 heavy (non-hydrogen) atoms. The number of hydrogen-bond donors (Lipinski definition) is 1. The van der Waals surface area contributed by atoms with Crippen LogP contribution in [0, 0.1) is 13.8 Å². The molecule has 1 N–H and O–H groups in total. The van der Waals surface area contributed by atoms with Gasteiger partial charge in [0.05, 0.1) is 11.6 Å². The first-order valence-electron chi connectivity index (χ1n) is 7.17. The number of ether oxygens (including phenoxy) is 1. The standard InChI is InChI=1S/C17H22BrNOS/c1-5-19-15(17-8-11(2)12(3)21-17)10-13-6-7-16(20-4)14(18)9-13/h6-9,15,19H,5,10H2,1-4H3. The van der Waals surface area contributed by atoms with Gasteiger partial charge in [0.25, 0.3) is 0 Å². The summed E-state index contributed by atoms with van der Waals surface area (Å²) < 4.78 is 6.31. The summed E-state index contributed by atoms with van der Waals surface area (Å²) >= 11 is 5.46.